The van der Waals surface area contributed by atoms with Crippen LogP contribution < -0.4 is 15.8 Å². The van der Waals surface area contributed by atoms with Gasteiger partial charge in [-0.25, -0.2) is 4.79 Å². The quantitative estimate of drug-likeness (QED) is 0.717. The molecule has 0 aliphatic rings. The van der Waals surface area contributed by atoms with Crippen LogP contribution >= 0.6 is 0 Å². The van der Waals surface area contributed by atoms with E-state index in [0.717, 1.165) is 5.69 Å². The summed E-state index contributed by atoms with van der Waals surface area (Å²) in [7, 11) is 0. The largest absolute Gasteiger partial charge is 0.482 e. The Morgan fingerprint density at radius 3 is 2.89 bits per heavy atom. The second-order valence-corrected chi connectivity index (χ2v) is 4.07. The lowest BCUT2D eigenvalue weighted by molar-refractivity contribution is -0.149. The number of esters is 1. The Kier molecular flexibility index (Phi) is 6.00. The minimum absolute atomic E-state index is 0.0848. The maximum atomic E-state index is 11.3. The number of nitrogens with two attached hydrogens (primary N) is 1. The van der Waals surface area contributed by atoms with Gasteiger partial charge in [-0.15, -0.1) is 0 Å². The number of anilines is 1. The van der Waals surface area contributed by atoms with E-state index in [2.05, 4.69) is 5.32 Å². The van der Waals surface area contributed by atoms with Crippen LogP contribution in [0.25, 0.3) is 0 Å². The molecule has 1 aromatic rings. The molecule has 0 amide bonds. The molecule has 3 N–H and O–H groups in total. The third-order valence-corrected chi connectivity index (χ3v) is 2.03. The van der Waals surface area contributed by atoms with Crippen LogP contribution in [-0.4, -0.2) is 31.8 Å². The summed E-state index contributed by atoms with van der Waals surface area (Å²) in [6.07, 6.45) is -0.126. The van der Waals surface area contributed by atoms with Crippen molar-refractivity contribution in [3.8, 4) is 5.75 Å². The van der Waals surface area contributed by atoms with Crippen LogP contribution in [0.1, 0.15) is 13.8 Å². The standard InChI is InChI=1S/C13H20N2O3/c1-10(2)18-13(16)9-17-12-5-3-4-11(8-12)15-7-6-14/h3-5,8,10,15H,6-7,9,14H2,1-2H3. The van der Waals surface area contributed by atoms with E-state index in [4.69, 9.17) is 15.2 Å². The van der Waals surface area contributed by atoms with Gasteiger partial charge in [0, 0.05) is 24.8 Å². The topological polar surface area (TPSA) is 73.6 Å². The number of rotatable bonds is 7. The highest BCUT2D eigenvalue weighted by molar-refractivity contribution is 5.71. The van der Waals surface area contributed by atoms with Gasteiger partial charge >= 0.3 is 5.97 Å². The zero-order valence-electron chi connectivity index (χ0n) is 10.8. The molecule has 100 valence electrons. The number of hydrogen-bond donors (Lipinski definition) is 2. The van der Waals surface area contributed by atoms with E-state index in [1.165, 1.54) is 0 Å². The summed E-state index contributed by atoms with van der Waals surface area (Å²) in [6, 6.07) is 7.37. The number of ether oxygens (including phenoxy) is 2. The fourth-order valence-electron chi connectivity index (χ4n) is 1.35. The predicted molar refractivity (Wildman–Crippen MR) is 70.7 cm³/mol. The first-order valence-corrected chi connectivity index (χ1v) is 5.98. The molecule has 1 rings (SSSR count). The van der Waals surface area contributed by atoms with Gasteiger partial charge in [0.05, 0.1) is 6.10 Å². The molecule has 0 atom stereocenters. The fraction of sp³-hybridized carbons (Fsp3) is 0.462. The molecule has 0 saturated carbocycles. The van der Waals surface area contributed by atoms with E-state index >= 15 is 0 Å². The molecular formula is C13H20N2O3. The number of hydrogen-bond acceptors (Lipinski definition) is 5. The summed E-state index contributed by atoms with van der Waals surface area (Å²) in [4.78, 5) is 11.3. The molecule has 0 heterocycles. The number of carbonyl (C=O) groups excluding carboxylic acids is 1. The van der Waals surface area contributed by atoms with E-state index < -0.39 is 0 Å². The van der Waals surface area contributed by atoms with Gasteiger partial charge in [-0.1, -0.05) is 6.07 Å². The number of nitrogens with one attached hydrogen (secondary N) is 1. The van der Waals surface area contributed by atoms with Gasteiger partial charge in [-0.2, -0.15) is 0 Å². The average Bonchev–Trinajstić information content (AvgIpc) is 2.33. The molecule has 0 bridgehead atoms. The summed E-state index contributed by atoms with van der Waals surface area (Å²) in [6.45, 7) is 4.77. The maximum absolute atomic E-state index is 11.3. The molecular weight excluding hydrogens is 232 g/mol. The van der Waals surface area contributed by atoms with Crippen molar-refractivity contribution in [2.45, 2.75) is 20.0 Å². The highest BCUT2D eigenvalue weighted by Gasteiger charge is 2.06. The van der Waals surface area contributed by atoms with Crippen LogP contribution in [0.5, 0.6) is 5.75 Å². The van der Waals surface area contributed by atoms with Crippen molar-refractivity contribution in [3.05, 3.63) is 24.3 Å². The SMILES string of the molecule is CC(C)OC(=O)COc1cccc(NCCN)c1. The van der Waals surface area contributed by atoms with Crippen molar-refractivity contribution in [1.82, 2.24) is 0 Å². The third kappa shape index (κ3) is 5.54. The van der Waals surface area contributed by atoms with Gasteiger partial charge in [0.2, 0.25) is 0 Å². The van der Waals surface area contributed by atoms with Crippen molar-refractivity contribution in [2.24, 2.45) is 5.73 Å². The monoisotopic (exact) mass is 252 g/mol. The molecule has 0 aliphatic carbocycles. The van der Waals surface area contributed by atoms with Gasteiger partial charge in [-0.05, 0) is 26.0 Å². The molecule has 5 heteroatoms. The first-order chi connectivity index (χ1) is 8.61. The molecule has 0 unspecified atom stereocenters. The first kappa shape index (κ1) is 14.3. The zero-order valence-corrected chi connectivity index (χ0v) is 10.8. The highest BCUT2D eigenvalue weighted by Crippen LogP contribution is 2.17. The van der Waals surface area contributed by atoms with Gasteiger partial charge in [0.1, 0.15) is 5.75 Å². The summed E-state index contributed by atoms with van der Waals surface area (Å²) < 4.78 is 10.3. The van der Waals surface area contributed by atoms with Crippen molar-refractivity contribution in [3.63, 3.8) is 0 Å². The smallest absolute Gasteiger partial charge is 0.344 e. The van der Waals surface area contributed by atoms with Crippen LogP contribution in [0.3, 0.4) is 0 Å². The second kappa shape index (κ2) is 7.55. The number of carbonyl (C=O) groups is 1. The Balaban J connectivity index is 2.44. The van der Waals surface area contributed by atoms with Crippen LogP contribution in [0.4, 0.5) is 5.69 Å². The minimum atomic E-state index is -0.370. The van der Waals surface area contributed by atoms with Crippen molar-refractivity contribution < 1.29 is 14.3 Å². The van der Waals surface area contributed by atoms with Crippen LogP contribution in [0.2, 0.25) is 0 Å². The van der Waals surface area contributed by atoms with Crippen molar-refractivity contribution in [2.75, 3.05) is 25.0 Å². The molecule has 0 spiro atoms. The predicted octanol–water partition coefficient (Wildman–Crippen LogP) is 1.39. The zero-order chi connectivity index (χ0) is 13.4. The molecule has 0 aliphatic heterocycles. The van der Waals surface area contributed by atoms with Gasteiger partial charge in [0.15, 0.2) is 6.61 Å². The fourth-order valence-corrected chi connectivity index (χ4v) is 1.35. The highest BCUT2D eigenvalue weighted by atomic mass is 16.6. The van der Waals surface area contributed by atoms with E-state index in [9.17, 15) is 4.79 Å². The third-order valence-electron chi connectivity index (χ3n) is 2.03. The van der Waals surface area contributed by atoms with Gasteiger partial charge < -0.3 is 20.5 Å². The lowest BCUT2D eigenvalue weighted by Gasteiger charge is -2.10. The Hall–Kier alpha value is -1.75. The molecule has 5 nitrogen and oxygen atoms in total. The molecule has 18 heavy (non-hydrogen) atoms. The normalized spacial score (nSPS) is 10.2. The average molecular weight is 252 g/mol. The minimum Gasteiger partial charge on any atom is -0.482 e. The van der Waals surface area contributed by atoms with Crippen molar-refractivity contribution in [1.29, 1.82) is 0 Å². The van der Waals surface area contributed by atoms with E-state index in [1.807, 2.05) is 18.2 Å². The van der Waals surface area contributed by atoms with Gasteiger partial charge in [0.25, 0.3) is 0 Å². The Bertz CT molecular complexity index is 380. The van der Waals surface area contributed by atoms with Crippen LogP contribution in [0.15, 0.2) is 24.3 Å². The Morgan fingerprint density at radius 1 is 1.44 bits per heavy atom. The van der Waals surface area contributed by atoms with E-state index in [1.54, 1.807) is 19.9 Å². The molecule has 0 aromatic heterocycles. The molecule has 1 aromatic carbocycles. The Labute approximate surface area is 107 Å². The summed E-state index contributed by atoms with van der Waals surface area (Å²) in [5.74, 6) is 0.253. The van der Waals surface area contributed by atoms with Crippen LogP contribution in [0, 0.1) is 0 Å². The maximum Gasteiger partial charge on any atom is 0.344 e. The Morgan fingerprint density at radius 2 is 2.22 bits per heavy atom. The lowest BCUT2D eigenvalue weighted by Crippen LogP contribution is -2.18. The van der Waals surface area contributed by atoms with Crippen LogP contribution in [-0.2, 0) is 9.53 Å². The second-order valence-electron chi connectivity index (χ2n) is 4.07. The summed E-state index contributed by atoms with van der Waals surface area (Å²) in [5.41, 5.74) is 6.32. The first-order valence-electron chi connectivity index (χ1n) is 5.98. The number of benzene rings is 1. The van der Waals surface area contributed by atoms with Crippen molar-refractivity contribution >= 4 is 11.7 Å². The summed E-state index contributed by atoms with van der Waals surface area (Å²) in [5, 5.41) is 3.13. The summed E-state index contributed by atoms with van der Waals surface area (Å²) >= 11 is 0. The molecule has 0 radical (unpaired) electrons. The molecule has 0 fully saturated rings. The van der Waals surface area contributed by atoms with E-state index in [-0.39, 0.29) is 18.7 Å². The lowest BCUT2D eigenvalue weighted by atomic mass is 10.3. The van der Waals surface area contributed by atoms with E-state index in [0.29, 0.717) is 18.8 Å². The van der Waals surface area contributed by atoms with Gasteiger partial charge in [-0.3, -0.25) is 0 Å². The molecule has 0 saturated heterocycles.